The molecule has 0 aliphatic carbocycles. The Balaban J connectivity index is 2.36. The topological polar surface area (TPSA) is 72.5 Å². The largest absolute Gasteiger partial charge is 0.467 e. The number of ether oxygens (including phenoxy) is 1. The fraction of sp³-hybridized carbons (Fsp3) is 0.348. The van der Waals surface area contributed by atoms with Crippen molar-refractivity contribution in [1.29, 1.82) is 0 Å². The molecule has 0 aromatic heterocycles. The second-order valence-corrected chi connectivity index (χ2v) is 6.84. The first-order valence-corrected chi connectivity index (χ1v) is 9.45. The fourth-order valence-corrected chi connectivity index (χ4v) is 3.15. The molecule has 2 aromatic carbocycles. The summed E-state index contributed by atoms with van der Waals surface area (Å²) >= 11 is 0. The van der Waals surface area contributed by atoms with Gasteiger partial charge >= 0.3 is 5.97 Å². The van der Waals surface area contributed by atoms with Crippen LogP contribution in [0.4, 0.5) is 0 Å². The highest BCUT2D eigenvalue weighted by atomic mass is 16.5. The van der Waals surface area contributed by atoms with Gasteiger partial charge in [0.15, 0.2) is 0 Å². The molecule has 1 atom stereocenters. The minimum atomic E-state index is -0.996. The normalized spacial score (nSPS) is 12.1. The molecule has 0 heterocycles. The summed E-state index contributed by atoms with van der Waals surface area (Å²) in [6.45, 7) is 3.61. The molecule has 1 amide bonds. The predicted octanol–water partition coefficient (Wildman–Crippen LogP) is 3.41. The van der Waals surface area contributed by atoms with E-state index in [0.29, 0.717) is 6.42 Å². The van der Waals surface area contributed by atoms with E-state index in [1.54, 1.807) is 6.92 Å². The summed E-state index contributed by atoms with van der Waals surface area (Å²) in [6.07, 6.45) is 0.822. The Bertz CT molecular complexity index is 762. The van der Waals surface area contributed by atoms with Crippen molar-refractivity contribution in [2.75, 3.05) is 7.11 Å². The van der Waals surface area contributed by atoms with Crippen LogP contribution in [-0.4, -0.2) is 30.8 Å². The molecule has 5 heteroatoms. The number of amides is 1. The highest BCUT2D eigenvalue weighted by molar-refractivity contribution is 5.94. The van der Waals surface area contributed by atoms with Gasteiger partial charge in [-0.05, 0) is 24.5 Å². The number of esters is 1. The molecule has 0 unspecified atom stereocenters. The molecule has 0 bridgehead atoms. The summed E-state index contributed by atoms with van der Waals surface area (Å²) in [5, 5.41) is 2.82. The number of rotatable bonds is 9. The van der Waals surface area contributed by atoms with Crippen LogP contribution < -0.4 is 5.32 Å². The van der Waals surface area contributed by atoms with Gasteiger partial charge < -0.3 is 10.1 Å². The summed E-state index contributed by atoms with van der Waals surface area (Å²) in [7, 11) is 1.27. The molecule has 0 radical (unpaired) electrons. The number of hydrogen-bond acceptors (Lipinski definition) is 4. The van der Waals surface area contributed by atoms with Gasteiger partial charge in [-0.2, -0.15) is 0 Å². The summed E-state index contributed by atoms with van der Waals surface area (Å²) in [5.74, 6) is -0.831. The maximum absolute atomic E-state index is 13.4. The zero-order valence-corrected chi connectivity index (χ0v) is 16.6. The van der Waals surface area contributed by atoms with E-state index < -0.39 is 17.4 Å². The minimum absolute atomic E-state index is 0.0389. The third-order valence-electron chi connectivity index (χ3n) is 5.05. The molecule has 0 saturated carbocycles. The Hall–Kier alpha value is -2.95. The minimum Gasteiger partial charge on any atom is -0.467 e. The van der Waals surface area contributed by atoms with Crippen molar-refractivity contribution in [2.45, 2.75) is 44.6 Å². The Kier molecular flexibility index (Phi) is 7.50. The lowest BCUT2D eigenvalue weighted by molar-refractivity contribution is -0.145. The van der Waals surface area contributed by atoms with E-state index in [1.807, 2.05) is 67.6 Å². The molecule has 28 heavy (non-hydrogen) atoms. The summed E-state index contributed by atoms with van der Waals surface area (Å²) in [6, 6.07) is 18.0. The quantitative estimate of drug-likeness (QED) is 0.676. The zero-order chi connectivity index (χ0) is 20.6. The van der Waals surface area contributed by atoms with Gasteiger partial charge in [0, 0.05) is 12.8 Å². The van der Waals surface area contributed by atoms with E-state index in [-0.39, 0.29) is 24.5 Å². The third-order valence-corrected chi connectivity index (χ3v) is 5.05. The zero-order valence-electron chi connectivity index (χ0n) is 16.6. The first-order valence-electron chi connectivity index (χ1n) is 9.45. The van der Waals surface area contributed by atoms with Crippen LogP contribution >= 0.6 is 0 Å². The lowest BCUT2D eigenvalue weighted by atomic mass is 9.75. The van der Waals surface area contributed by atoms with Crippen molar-refractivity contribution < 1.29 is 19.1 Å². The second-order valence-electron chi connectivity index (χ2n) is 6.84. The van der Waals surface area contributed by atoms with E-state index in [2.05, 4.69) is 5.32 Å². The number of Topliss-reactive ketones (excluding diaryl/α,β-unsaturated/α-hetero) is 1. The van der Waals surface area contributed by atoms with Gasteiger partial charge in [-0.1, -0.05) is 67.6 Å². The summed E-state index contributed by atoms with van der Waals surface area (Å²) in [4.78, 5) is 37.3. The number of carbonyl (C=O) groups is 3. The molecule has 0 spiro atoms. The molecule has 2 aromatic rings. The molecule has 0 aliphatic heterocycles. The van der Waals surface area contributed by atoms with Crippen molar-refractivity contribution >= 4 is 17.7 Å². The van der Waals surface area contributed by atoms with Crippen molar-refractivity contribution in [3.63, 3.8) is 0 Å². The molecule has 5 nitrogen and oxygen atoms in total. The van der Waals surface area contributed by atoms with Crippen molar-refractivity contribution in [3.05, 3.63) is 71.8 Å². The monoisotopic (exact) mass is 381 g/mol. The molecule has 0 saturated heterocycles. The van der Waals surface area contributed by atoms with Gasteiger partial charge in [0.1, 0.15) is 11.8 Å². The highest BCUT2D eigenvalue weighted by Crippen LogP contribution is 2.32. The van der Waals surface area contributed by atoms with E-state index >= 15 is 0 Å². The predicted molar refractivity (Wildman–Crippen MR) is 108 cm³/mol. The van der Waals surface area contributed by atoms with Gasteiger partial charge in [0.25, 0.3) is 0 Å². The van der Waals surface area contributed by atoms with E-state index in [9.17, 15) is 14.4 Å². The Morgan fingerprint density at radius 2 is 1.46 bits per heavy atom. The van der Waals surface area contributed by atoms with Gasteiger partial charge in [-0.15, -0.1) is 0 Å². The van der Waals surface area contributed by atoms with Crippen LogP contribution in [0.15, 0.2) is 60.7 Å². The number of methoxy groups -OCH3 is 1. The van der Waals surface area contributed by atoms with E-state index in [0.717, 1.165) is 11.1 Å². The van der Waals surface area contributed by atoms with Crippen LogP contribution in [0.25, 0.3) is 0 Å². The molecular weight excluding hydrogens is 354 g/mol. The Morgan fingerprint density at radius 1 is 0.964 bits per heavy atom. The van der Waals surface area contributed by atoms with Crippen molar-refractivity contribution in [3.8, 4) is 0 Å². The lowest BCUT2D eigenvalue weighted by Gasteiger charge is -2.31. The number of ketones is 1. The first-order chi connectivity index (χ1) is 13.4. The fourth-order valence-electron chi connectivity index (χ4n) is 3.15. The van der Waals surface area contributed by atoms with Crippen LogP contribution in [0.3, 0.4) is 0 Å². The van der Waals surface area contributed by atoms with Crippen LogP contribution in [-0.2, 0) is 24.5 Å². The van der Waals surface area contributed by atoms with Crippen LogP contribution in [0, 0.1) is 0 Å². The summed E-state index contributed by atoms with van der Waals surface area (Å²) in [5.41, 5.74) is 0.628. The summed E-state index contributed by atoms with van der Waals surface area (Å²) < 4.78 is 4.84. The molecule has 148 valence electrons. The molecule has 1 N–H and O–H groups in total. The van der Waals surface area contributed by atoms with Gasteiger partial charge in [0.2, 0.25) is 5.91 Å². The van der Waals surface area contributed by atoms with Gasteiger partial charge in [-0.3, -0.25) is 9.59 Å². The maximum atomic E-state index is 13.4. The van der Waals surface area contributed by atoms with Crippen molar-refractivity contribution in [1.82, 2.24) is 5.32 Å². The van der Waals surface area contributed by atoms with Crippen LogP contribution in [0.2, 0.25) is 0 Å². The van der Waals surface area contributed by atoms with Crippen LogP contribution in [0.1, 0.15) is 44.2 Å². The molecular formula is C23H27NO4. The average molecular weight is 381 g/mol. The Labute approximate surface area is 166 Å². The van der Waals surface area contributed by atoms with E-state index in [4.69, 9.17) is 4.74 Å². The first kappa shape index (κ1) is 21.4. The van der Waals surface area contributed by atoms with Gasteiger partial charge in [-0.25, -0.2) is 4.79 Å². The van der Waals surface area contributed by atoms with E-state index in [1.165, 1.54) is 7.11 Å². The van der Waals surface area contributed by atoms with Gasteiger partial charge in [0.05, 0.1) is 12.5 Å². The standard InChI is InChI=1S/C23H27NO4/c1-4-19(25)15-16-20(21(26)28-3)24-22(27)23(2,17-11-7-5-8-12-17)18-13-9-6-10-14-18/h5-14,20H,4,15-16H2,1-3H3,(H,24,27)/t20-/m1/s1. The molecule has 2 rings (SSSR count). The lowest BCUT2D eigenvalue weighted by Crippen LogP contribution is -2.50. The number of benzene rings is 2. The highest BCUT2D eigenvalue weighted by Gasteiger charge is 2.39. The smallest absolute Gasteiger partial charge is 0.328 e. The third kappa shape index (κ3) is 4.85. The number of hydrogen-bond donors (Lipinski definition) is 1. The SMILES string of the molecule is CCC(=O)CC[C@@H](NC(=O)C(C)(c1ccccc1)c1ccccc1)C(=O)OC. The number of carbonyl (C=O) groups excluding carboxylic acids is 3. The second kappa shape index (κ2) is 9.83. The molecule has 0 fully saturated rings. The molecule has 0 aliphatic rings. The number of nitrogens with one attached hydrogen (secondary N) is 1. The maximum Gasteiger partial charge on any atom is 0.328 e. The Morgan fingerprint density at radius 3 is 1.89 bits per heavy atom. The average Bonchev–Trinajstić information content (AvgIpc) is 2.76. The van der Waals surface area contributed by atoms with Crippen LogP contribution in [0.5, 0.6) is 0 Å². The van der Waals surface area contributed by atoms with Crippen molar-refractivity contribution in [2.24, 2.45) is 0 Å².